The third-order valence-corrected chi connectivity index (χ3v) is 6.62. The van der Waals surface area contributed by atoms with Gasteiger partial charge in [-0.15, -0.1) is 0 Å². The van der Waals surface area contributed by atoms with Crippen LogP contribution >= 0.6 is 0 Å². The van der Waals surface area contributed by atoms with E-state index in [0.717, 1.165) is 12.1 Å². The fraction of sp³-hybridized carbons (Fsp3) is 0.217. The molecule has 1 aliphatic rings. The van der Waals surface area contributed by atoms with Crippen molar-refractivity contribution in [2.45, 2.75) is 39.0 Å². The largest absolute Gasteiger partial charge is 0.420 e. The summed E-state index contributed by atoms with van der Waals surface area (Å²) in [5.41, 5.74) is 11.2. The van der Waals surface area contributed by atoms with Crippen LogP contribution in [-0.2, 0) is 16.4 Å². The van der Waals surface area contributed by atoms with E-state index in [1.807, 2.05) is 0 Å². The Morgan fingerprint density at radius 3 is 1.76 bits per heavy atom. The number of primary sulfonamides is 1. The summed E-state index contributed by atoms with van der Waals surface area (Å²) in [6.07, 6.45) is 0.929. The van der Waals surface area contributed by atoms with Gasteiger partial charge in [0.2, 0.25) is 10.0 Å². The summed E-state index contributed by atoms with van der Waals surface area (Å²) < 4.78 is 23.1. The zero-order valence-electron chi connectivity index (χ0n) is 17.2. The lowest BCUT2D eigenvalue weighted by molar-refractivity contribution is 0.598. The van der Waals surface area contributed by atoms with E-state index in [1.54, 1.807) is 24.3 Å². The topological polar surface area (TPSA) is 72.2 Å². The first-order valence-corrected chi connectivity index (χ1v) is 11.3. The Kier molecular flexibility index (Phi) is 4.79. The first kappa shape index (κ1) is 19.7. The summed E-state index contributed by atoms with van der Waals surface area (Å²) in [6, 6.07) is 15.7. The maximum atomic E-state index is 11.6. The van der Waals surface area contributed by atoms with Crippen LogP contribution in [0.25, 0.3) is 0 Å². The molecule has 0 spiro atoms. The minimum atomic E-state index is -3.70. The minimum Gasteiger partial charge on any atom is -0.420 e. The van der Waals surface area contributed by atoms with E-state index in [2.05, 4.69) is 57.2 Å². The molecule has 4 nitrogen and oxygen atoms in total. The van der Waals surface area contributed by atoms with Gasteiger partial charge in [0.1, 0.15) is 0 Å². The van der Waals surface area contributed by atoms with E-state index in [4.69, 9.17) is 5.14 Å². The summed E-state index contributed by atoms with van der Waals surface area (Å²) >= 11 is 0. The molecular formula is C23H25BN2O2S. The second-order valence-electron chi connectivity index (χ2n) is 8.13. The molecule has 1 heterocycles. The van der Waals surface area contributed by atoms with Crippen LogP contribution in [-0.4, -0.2) is 15.3 Å². The smallest absolute Gasteiger partial charge is 0.322 e. The molecule has 4 rings (SSSR count). The van der Waals surface area contributed by atoms with Gasteiger partial charge in [-0.25, -0.2) is 13.6 Å². The highest BCUT2D eigenvalue weighted by Gasteiger charge is 2.33. The maximum Gasteiger partial charge on any atom is 0.322 e. The van der Waals surface area contributed by atoms with Gasteiger partial charge in [-0.05, 0) is 80.4 Å². The molecule has 0 radical (unpaired) electrons. The van der Waals surface area contributed by atoms with Gasteiger partial charge in [0.05, 0.1) is 4.90 Å². The summed E-state index contributed by atoms with van der Waals surface area (Å²) in [5.74, 6) is 0. The molecule has 0 saturated carbocycles. The number of benzene rings is 3. The summed E-state index contributed by atoms with van der Waals surface area (Å²) in [4.78, 5) is 0.117. The Hall–Kier alpha value is -2.57. The third-order valence-electron chi connectivity index (χ3n) is 5.69. The zero-order valence-corrected chi connectivity index (χ0v) is 18.0. The van der Waals surface area contributed by atoms with Crippen molar-refractivity contribution in [1.29, 1.82) is 0 Å². The number of hydrogen-bond acceptors (Lipinski definition) is 3. The van der Waals surface area contributed by atoms with E-state index in [9.17, 15) is 8.42 Å². The van der Waals surface area contributed by atoms with Crippen molar-refractivity contribution in [3.05, 3.63) is 81.9 Å². The molecule has 3 N–H and O–H groups in total. The molecule has 0 saturated heterocycles. The van der Waals surface area contributed by atoms with E-state index < -0.39 is 10.0 Å². The average molecular weight is 404 g/mol. The Labute approximate surface area is 173 Å². The number of rotatable bonds is 3. The lowest BCUT2D eigenvalue weighted by Crippen LogP contribution is -2.56. The fourth-order valence-corrected chi connectivity index (χ4v) is 5.17. The van der Waals surface area contributed by atoms with Crippen LogP contribution in [0.4, 0.5) is 5.69 Å². The molecule has 3 aromatic carbocycles. The van der Waals surface area contributed by atoms with Crippen molar-refractivity contribution in [2.24, 2.45) is 5.14 Å². The first-order chi connectivity index (χ1) is 13.6. The van der Waals surface area contributed by atoms with Crippen LogP contribution in [0.5, 0.6) is 0 Å². The van der Waals surface area contributed by atoms with Gasteiger partial charge in [0.15, 0.2) is 0 Å². The Morgan fingerprint density at radius 1 is 0.828 bits per heavy atom. The van der Waals surface area contributed by atoms with E-state index >= 15 is 0 Å². The molecule has 148 valence electrons. The lowest BCUT2D eigenvalue weighted by atomic mass is 9.43. The Bertz CT molecular complexity index is 1160. The van der Waals surface area contributed by atoms with E-state index in [1.165, 1.54) is 44.3 Å². The monoisotopic (exact) mass is 404 g/mol. The SMILES string of the molecule is Cc1cc(C)c2c(c1)Cc1cc(C)cc(C)c1B2Nc1ccc(S(N)(=O)=O)cc1. The molecule has 6 heteroatoms. The predicted octanol–water partition coefficient (Wildman–Crippen LogP) is 2.69. The van der Waals surface area contributed by atoms with Gasteiger partial charge in [0.25, 0.3) is 0 Å². The lowest BCUT2D eigenvalue weighted by Gasteiger charge is -2.31. The minimum absolute atomic E-state index is 0.00952. The molecule has 0 fully saturated rings. The van der Waals surface area contributed by atoms with E-state index in [0.29, 0.717) is 0 Å². The Balaban J connectivity index is 1.84. The van der Waals surface area contributed by atoms with Gasteiger partial charge in [-0.2, -0.15) is 0 Å². The molecule has 29 heavy (non-hydrogen) atoms. The van der Waals surface area contributed by atoms with Gasteiger partial charge in [-0.3, -0.25) is 0 Å². The van der Waals surface area contributed by atoms with Crippen molar-refractivity contribution in [2.75, 3.05) is 5.23 Å². The quantitative estimate of drug-likeness (QED) is 0.660. The molecule has 0 unspecified atom stereocenters. The molecule has 0 aliphatic carbocycles. The molecule has 1 aliphatic heterocycles. The second kappa shape index (κ2) is 7.04. The number of nitrogens with one attached hydrogen (secondary N) is 1. The standard InChI is InChI=1S/C23H25BN2O2S/c1-14-9-16(3)22-18(11-14)13-19-12-15(2)10-17(4)23(19)24(22)26-20-5-7-21(8-6-20)29(25,27)28/h5-12,26H,13H2,1-4H3,(H2,25,27,28). The van der Waals surface area contributed by atoms with Gasteiger partial charge in [-0.1, -0.05) is 46.5 Å². The predicted molar refractivity (Wildman–Crippen MR) is 121 cm³/mol. The van der Waals surface area contributed by atoms with E-state index in [-0.39, 0.29) is 11.7 Å². The van der Waals surface area contributed by atoms with Crippen LogP contribution in [0.2, 0.25) is 0 Å². The number of sulfonamides is 1. The van der Waals surface area contributed by atoms with Crippen LogP contribution in [0.1, 0.15) is 33.4 Å². The van der Waals surface area contributed by atoms with Crippen molar-refractivity contribution in [3.63, 3.8) is 0 Å². The normalized spacial score (nSPS) is 13.1. The highest BCUT2D eigenvalue weighted by molar-refractivity contribution is 7.89. The van der Waals surface area contributed by atoms with Crippen LogP contribution in [0.15, 0.2) is 53.4 Å². The number of aryl methyl sites for hydroxylation is 4. The van der Waals surface area contributed by atoms with Crippen LogP contribution in [0, 0.1) is 27.7 Å². The van der Waals surface area contributed by atoms with Gasteiger partial charge in [0, 0.05) is 5.69 Å². The van der Waals surface area contributed by atoms with Crippen molar-refractivity contribution < 1.29 is 8.42 Å². The number of hydrogen-bond donors (Lipinski definition) is 2. The van der Waals surface area contributed by atoms with Gasteiger partial charge < -0.3 is 5.23 Å². The third kappa shape index (κ3) is 3.70. The van der Waals surface area contributed by atoms with Crippen molar-refractivity contribution in [3.8, 4) is 0 Å². The fourth-order valence-electron chi connectivity index (χ4n) is 4.65. The van der Waals surface area contributed by atoms with Crippen molar-refractivity contribution in [1.82, 2.24) is 0 Å². The second-order valence-corrected chi connectivity index (χ2v) is 9.69. The number of nitrogens with two attached hydrogens (primary N) is 1. The Morgan fingerprint density at radius 2 is 1.31 bits per heavy atom. The van der Waals surface area contributed by atoms with Gasteiger partial charge >= 0.3 is 6.85 Å². The number of fused-ring (bicyclic) bond motifs is 2. The van der Waals surface area contributed by atoms with Crippen molar-refractivity contribution >= 4 is 33.5 Å². The molecule has 3 aromatic rings. The average Bonchev–Trinajstić information content (AvgIpc) is 2.59. The maximum absolute atomic E-state index is 11.6. The number of anilines is 1. The van der Waals surface area contributed by atoms with Crippen LogP contribution in [0.3, 0.4) is 0 Å². The molecule has 0 aromatic heterocycles. The molecule has 0 amide bonds. The highest BCUT2D eigenvalue weighted by Crippen LogP contribution is 2.22. The summed E-state index contributed by atoms with van der Waals surface area (Å²) in [7, 11) is -3.70. The summed E-state index contributed by atoms with van der Waals surface area (Å²) in [6.45, 7) is 8.62. The molecular weight excluding hydrogens is 379 g/mol. The zero-order chi connectivity index (χ0) is 20.9. The van der Waals surface area contributed by atoms with Crippen LogP contribution < -0.4 is 21.3 Å². The first-order valence-electron chi connectivity index (χ1n) is 9.73. The highest BCUT2D eigenvalue weighted by atomic mass is 32.2. The molecule has 0 atom stereocenters. The summed E-state index contributed by atoms with van der Waals surface area (Å²) in [5, 5.41) is 8.89. The molecule has 0 bridgehead atoms.